The molecule has 3 heterocycles. The Morgan fingerprint density at radius 1 is 1.07 bits per heavy atom. The number of benzene rings is 1. The van der Waals surface area contributed by atoms with Crippen LogP contribution in [0.2, 0.25) is 0 Å². The Hall–Kier alpha value is -1.71. The molecule has 2 aromatic rings. The van der Waals surface area contributed by atoms with Crippen LogP contribution in [0.4, 0.5) is 15.9 Å². The molecule has 2 fully saturated rings. The molecule has 0 aliphatic carbocycles. The average Bonchev–Trinajstić information content (AvgIpc) is 2.75. The highest BCUT2D eigenvalue weighted by Crippen LogP contribution is 2.32. The lowest BCUT2D eigenvalue weighted by atomic mass is 10.00. The summed E-state index contributed by atoms with van der Waals surface area (Å²) in [6.45, 7) is 3.97. The molecule has 30 heavy (non-hydrogen) atoms. The number of aromatic nitrogens is 1. The zero-order valence-electron chi connectivity index (χ0n) is 16.7. The molecule has 0 amide bonds. The average molecular weight is 497 g/mol. The number of sulfonamides is 1. The summed E-state index contributed by atoms with van der Waals surface area (Å²) in [6.07, 6.45) is 7.58. The molecule has 0 radical (unpaired) electrons. The van der Waals surface area contributed by atoms with Crippen molar-refractivity contribution >= 4 is 37.5 Å². The fourth-order valence-corrected chi connectivity index (χ4v) is 5.81. The molecule has 2 aliphatic rings. The number of hydrogen-bond donors (Lipinski definition) is 1. The van der Waals surface area contributed by atoms with E-state index >= 15 is 0 Å². The van der Waals surface area contributed by atoms with Gasteiger partial charge in [0.2, 0.25) is 0 Å². The highest BCUT2D eigenvalue weighted by Gasteiger charge is 2.28. The predicted octanol–water partition coefficient (Wildman–Crippen LogP) is 4.24. The number of halogens is 2. The number of pyridine rings is 1. The minimum absolute atomic E-state index is 0.351. The summed E-state index contributed by atoms with van der Waals surface area (Å²) in [4.78, 5) is 8.82. The summed E-state index contributed by atoms with van der Waals surface area (Å²) in [5.74, 6) is -0.202. The molecule has 1 aromatic carbocycles. The third-order valence-corrected chi connectivity index (χ3v) is 7.71. The largest absolute Gasteiger partial charge is 0.355 e. The number of anilines is 2. The van der Waals surface area contributed by atoms with Crippen molar-refractivity contribution in [2.45, 2.75) is 43.0 Å². The minimum atomic E-state index is -4.07. The van der Waals surface area contributed by atoms with Crippen LogP contribution < -0.4 is 9.62 Å². The molecule has 0 bridgehead atoms. The Balaban J connectivity index is 1.52. The molecule has 1 N–H and O–H groups in total. The van der Waals surface area contributed by atoms with Crippen molar-refractivity contribution in [1.29, 1.82) is 0 Å². The first kappa shape index (κ1) is 21.5. The molecule has 9 heteroatoms. The second-order valence-corrected chi connectivity index (χ2v) is 10.4. The van der Waals surface area contributed by atoms with Gasteiger partial charge in [-0.05, 0) is 72.9 Å². The van der Waals surface area contributed by atoms with Crippen LogP contribution in [0, 0.1) is 5.82 Å². The van der Waals surface area contributed by atoms with Crippen LogP contribution in [0.5, 0.6) is 0 Å². The van der Waals surface area contributed by atoms with E-state index in [4.69, 9.17) is 0 Å². The maximum Gasteiger partial charge on any atom is 0.264 e. The number of nitrogens with one attached hydrogen (secondary N) is 1. The number of likely N-dealkylation sites (tertiary alicyclic amines) is 1. The van der Waals surface area contributed by atoms with Gasteiger partial charge >= 0.3 is 0 Å². The summed E-state index contributed by atoms with van der Waals surface area (Å²) < 4.78 is 42.9. The summed E-state index contributed by atoms with van der Waals surface area (Å²) >= 11 is 3.36. The van der Waals surface area contributed by atoms with Gasteiger partial charge in [0.1, 0.15) is 10.7 Å². The summed E-state index contributed by atoms with van der Waals surface area (Å²) in [5.41, 5.74) is 0.351. The summed E-state index contributed by atoms with van der Waals surface area (Å²) in [7, 11) is -4.07. The van der Waals surface area contributed by atoms with Crippen molar-refractivity contribution in [2.24, 2.45) is 0 Å². The Labute approximate surface area is 185 Å². The van der Waals surface area contributed by atoms with E-state index in [1.165, 1.54) is 50.6 Å². The van der Waals surface area contributed by atoms with Gasteiger partial charge < -0.3 is 9.80 Å². The Morgan fingerprint density at radius 3 is 2.47 bits per heavy atom. The molecule has 162 valence electrons. The van der Waals surface area contributed by atoms with Crippen LogP contribution in [0.25, 0.3) is 0 Å². The zero-order valence-corrected chi connectivity index (χ0v) is 19.1. The van der Waals surface area contributed by atoms with E-state index < -0.39 is 15.8 Å². The lowest BCUT2D eigenvalue weighted by Gasteiger charge is -2.40. The molecule has 0 atom stereocenters. The number of rotatable bonds is 5. The zero-order chi connectivity index (χ0) is 21.1. The highest BCUT2D eigenvalue weighted by atomic mass is 79.9. The number of nitrogens with zero attached hydrogens (tertiary/aromatic N) is 3. The van der Waals surface area contributed by atoms with Gasteiger partial charge in [-0.1, -0.05) is 18.6 Å². The van der Waals surface area contributed by atoms with E-state index in [0.29, 0.717) is 22.0 Å². The molecule has 1 aromatic heterocycles. The first-order valence-corrected chi connectivity index (χ1v) is 12.6. The molecule has 4 rings (SSSR count). The van der Waals surface area contributed by atoms with Gasteiger partial charge in [0.05, 0.1) is 5.69 Å². The molecule has 2 aliphatic heterocycles. The summed E-state index contributed by atoms with van der Waals surface area (Å²) in [6, 6.07) is 7.62. The number of piperidine rings is 2. The minimum Gasteiger partial charge on any atom is -0.355 e. The molecule has 2 saturated heterocycles. The van der Waals surface area contributed by atoms with E-state index in [2.05, 4.69) is 35.4 Å². The fraction of sp³-hybridized carbons (Fsp3) is 0.476. The van der Waals surface area contributed by atoms with E-state index in [1.54, 1.807) is 12.3 Å². The SMILES string of the molecule is O=S(=O)(Nc1cc(Br)cnc1N1CCC(N2CCCCC2)CC1)c1ccccc1F. The second-order valence-electron chi connectivity index (χ2n) is 7.88. The third-order valence-electron chi connectivity index (χ3n) is 5.87. The van der Waals surface area contributed by atoms with Crippen molar-refractivity contribution in [3.05, 3.63) is 46.8 Å². The molecular formula is C21H26BrFN4O2S. The lowest BCUT2D eigenvalue weighted by Crippen LogP contribution is -2.47. The van der Waals surface area contributed by atoms with Gasteiger partial charge in [0.25, 0.3) is 10.0 Å². The van der Waals surface area contributed by atoms with Crippen LogP contribution in [-0.2, 0) is 10.0 Å². The smallest absolute Gasteiger partial charge is 0.264 e. The van der Waals surface area contributed by atoms with Crippen molar-refractivity contribution in [3.63, 3.8) is 0 Å². The standard InChI is InChI=1S/C21H26BrFN4O2S/c22-16-14-19(25-30(28,29)20-7-3-2-6-18(20)23)21(24-15-16)27-12-8-17(9-13-27)26-10-4-1-5-11-26/h2-3,6-7,14-15,17,25H,1,4-5,8-13H2. The lowest BCUT2D eigenvalue weighted by molar-refractivity contribution is 0.141. The fourth-order valence-electron chi connectivity index (χ4n) is 4.35. The van der Waals surface area contributed by atoms with Crippen LogP contribution in [-0.4, -0.2) is 50.5 Å². The second kappa shape index (κ2) is 9.20. The number of hydrogen-bond acceptors (Lipinski definition) is 5. The topological polar surface area (TPSA) is 65.5 Å². The molecule has 0 unspecified atom stereocenters. The first-order chi connectivity index (χ1) is 14.4. The molecule has 6 nitrogen and oxygen atoms in total. The van der Waals surface area contributed by atoms with E-state index in [9.17, 15) is 12.8 Å². The summed E-state index contributed by atoms with van der Waals surface area (Å²) in [5, 5.41) is 0. The molecular weight excluding hydrogens is 471 g/mol. The quantitative estimate of drug-likeness (QED) is 0.670. The van der Waals surface area contributed by atoms with Crippen LogP contribution in [0.15, 0.2) is 45.9 Å². The van der Waals surface area contributed by atoms with Gasteiger partial charge in [-0.2, -0.15) is 0 Å². The van der Waals surface area contributed by atoms with Gasteiger partial charge in [-0.3, -0.25) is 4.72 Å². The first-order valence-electron chi connectivity index (χ1n) is 10.4. The van der Waals surface area contributed by atoms with Gasteiger partial charge in [-0.25, -0.2) is 17.8 Å². The van der Waals surface area contributed by atoms with Crippen LogP contribution in [0.1, 0.15) is 32.1 Å². The van der Waals surface area contributed by atoms with Crippen LogP contribution >= 0.6 is 15.9 Å². The van der Waals surface area contributed by atoms with Gasteiger partial charge in [0, 0.05) is 29.8 Å². The Kier molecular flexibility index (Phi) is 6.60. The van der Waals surface area contributed by atoms with Gasteiger partial charge in [-0.15, -0.1) is 0 Å². The van der Waals surface area contributed by atoms with Crippen molar-refractivity contribution < 1.29 is 12.8 Å². The normalized spacial score (nSPS) is 19.1. The van der Waals surface area contributed by atoms with E-state index in [0.717, 1.165) is 32.0 Å². The van der Waals surface area contributed by atoms with Gasteiger partial charge in [0.15, 0.2) is 5.82 Å². The van der Waals surface area contributed by atoms with E-state index in [1.807, 2.05) is 0 Å². The van der Waals surface area contributed by atoms with Crippen molar-refractivity contribution in [3.8, 4) is 0 Å². The van der Waals surface area contributed by atoms with Crippen molar-refractivity contribution in [1.82, 2.24) is 9.88 Å². The van der Waals surface area contributed by atoms with E-state index in [-0.39, 0.29) is 4.90 Å². The van der Waals surface area contributed by atoms with Crippen LogP contribution in [0.3, 0.4) is 0 Å². The third kappa shape index (κ3) is 4.78. The Bertz CT molecular complexity index is 990. The highest BCUT2D eigenvalue weighted by molar-refractivity contribution is 9.10. The van der Waals surface area contributed by atoms with Crippen molar-refractivity contribution in [2.75, 3.05) is 35.8 Å². The maximum atomic E-state index is 14.1. The Morgan fingerprint density at radius 2 is 1.77 bits per heavy atom. The molecule has 0 spiro atoms. The monoisotopic (exact) mass is 496 g/mol. The molecule has 0 saturated carbocycles. The predicted molar refractivity (Wildman–Crippen MR) is 120 cm³/mol. The maximum absolute atomic E-state index is 14.1.